The third-order valence-electron chi connectivity index (χ3n) is 4.07. The number of hydrogen-bond donors (Lipinski definition) is 1. The fraction of sp³-hybridized carbons (Fsp3) is 0.600. The number of halogens is 4. The van der Waals surface area contributed by atoms with E-state index in [1.807, 2.05) is 0 Å². The average Bonchev–Trinajstić information content (AvgIpc) is 2.42. The highest BCUT2D eigenvalue weighted by Gasteiger charge is 2.20. The van der Waals surface area contributed by atoms with Crippen molar-refractivity contribution in [3.63, 3.8) is 0 Å². The first-order chi connectivity index (χ1) is 9.49. The molecule has 1 aromatic rings. The summed E-state index contributed by atoms with van der Waals surface area (Å²) in [6.45, 7) is 2.63. The van der Waals surface area contributed by atoms with Gasteiger partial charge in [-0.15, -0.1) is 0 Å². The molecule has 0 atom stereocenters. The molecule has 0 bridgehead atoms. The van der Waals surface area contributed by atoms with E-state index < -0.39 is 28.8 Å². The average molecular weight is 289 g/mol. The lowest BCUT2D eigenvalue weighted by Gasteiger charge is -2.26. The molecule has 1 aliphatic carbocycles. The van der Waals surface area contributed by atoms with Gasteiger partial charge in [0.2, 0.25) is 0 Å². The van der Waals surface area contributed by atoms with Gasteiger partial charge in [-0.1, -0.05) is 19.8 Å². The third kappa shape index (κ3) is 3.51. The highest BCUT2D eigenvalue weighted by atomic mass is 19.2. The maximum Gasteiger partial charge on any atom is 0.166 e. The fourth-order valence-corrected chi connectivity index (χ4v) is 2.71. The molecule has 0 aromatic heterocycles. The van der Waals surface area contributed by atoms with Crippen LogP contribution in [-0.2, 0) is 6.54 Å². The second-order valence-electron chi connectivity index (χ2n) is 5.70. The Morgan fingerprint density at radius 2 is 1.55 bits per heavy atom. The van der Waals surface area contributed by atoms with Crippen LogP contribution in [-0.4, -0.2) is 6.54 Å². The van der Waals surface area contributed by atoms with Gasteiger partial charge in [-0.25, -0.2) is 17.6 Å². The molecular weight excluding hydrogens is 270 g/mol. The van der Waals surface area contributed by atoms with Gasteiger partial charge in [0.15, 0.2) is 23.3 Å². The molecule has 20 heavy (non-hydrogen) atoms. The zero-order valence-corrected chi connectivity index (χ0v) is 11.5. The molecule has 2 rings (SSSR count). The summed E-state index contributed by atoms with van der Waals surface area (Å²) < 4.78 is 52.9. The van der Waals surface area contributed by atoms with Gasteiger partial charge in [-0.2, -0.15) is 0 Å². The summed E-state index contributed by atoms with van der Waals surface area (Å²) in [4.78, 5) is 0. The van der Waals surface area contributed by atoms with Crippen LogP contribution in [0.4, 0.5) is 17.6 Å². The van der Waals surface area contributed by atoms with Crippen molar-refractivity contribution in [3.8, 4) is 0 Å². The summed E-state index contributed by atoms with van der Waals surface area (Å²) in [5, 5.41) is 2.91. The Morgan fingerprint density at radius 3 is 2.10 bits per heavy atom. The van der Waals surface area contributed by atoms with Crippen molar-refractivity contribution < 1.29 is 17.6 Å². The Morgan fingerprint density at radius 1 is 1.00 bits per heavy atom. The van der Waals surface area contributed by atoms with E-state index in [2.05, 4.69) is 12.2 Å². The van der Waals surface area contributed by atoms with Gasteiger partial charge in [0.1, 0.15) is 0 Å². The number of hydrogen-bond acceptors (Lipinski definition) is 1. The van der Waals surface area contributed by atoms with Crippen molar-refractivity contribution in [2.75, 3.05) is 6.54 Å². The molecule has 1 saturated carbocycles. The van der Waals surface area contributed by atoms with Gasteiger partial charge in [-0.05, 0) is 31.2 Å². The van der Waals surface area contributed by atoms with E-state index in [0.29, 0.717) is 12.5 Å². The largest absolute Gasteiger partial charge is 0.312 e. The first-order valence-corrected chi connectivity index (χ1v) is 7.01. The lowest BCUT2D eigenvalue weighted by atomic mass is 9.83. The van der Waals surface area contributed by atoms with E-state index in [1.165, 1.54) is 0 Å². The molecular formula is C15H19F4N. The molecule has 5 heteroatoms. The quantitative estimate of drug-likeness (QED) is 0.648. The SMILES string of the molecule is CC1CCC(CNCc2c(F)c(F)cc(F)c2F)CC1. The summed E-state index contributed by atoms with van der Waals surface area (Å²) in [5.74, 6) is -4.13. The van der Waals surface area contributed by atoms with E-state index in [0.717, 1.165) is 31.6 Å². The van der Waals surface area contributed by atoms with Crippen molar-refractivity contribution in [1.82, 2.24) is 5.32 Å². The van der Waals surface area contributed by atoms with Gasteiger partial charge in [-0.3, -0.25) is 0 Å². The normalized spacial score (nSPS) is 23.1. The van der Waals surface area contributed by atoms with Crippen LogP contribution in [0.3, 0.4) is 0 Å². The van der Waals surface area contributed by atoms with Gasteiger partial charge in [0.25, 0.3) is 0 Å². The van der Waals surface area contributed by atoms with Crippen LogP contribution in [0.25, 0.3) is 0 Å². The number of benzene rings is 1. The number of rotatable bonds is 4. The summed E-state index contributed by atoms with van der Waals surface area (Å²) in [5.41, 5.74) is -0.563. The Bertz CT molecular complexity index is 441. The van der Waals surface area contributed by atoms with E-state index in [-0.39, 0.29) is 12.6 Å². The van der Waals surface area contributed by atoms with E-state index >= 15 is 0 Å². The predicted octanol–water partition coefficient (Wildman–Crippen LogP) is 4.16. The Balaban J connectivity index is 1.91. The Hall–Kier alpha value is -1.10. The lowest BCUT2D eigenvalue weighted by molar-refractivity contribution is 0.280. The maximum absolute atomic E-state index is 13.4. The molecule has 0 heterocycles. The molecule has 0 saturated heterocycles. The molecule has 1 aromatic carbocycles. The first-order valence-electron chi connectivity index (χ1n) is 7.01. The second kappa shape index (κ2) is 6.57. The summed E-state index contributed by atoms with van der Waals surface area (Å²) >= 11 is 0. The van der Waals surface area contributed by atoms with E-state index in [9.17, 15) is 17.6 Å². The van der Waals surface area contributed by atoms with Crippen LogP contribution in [0.2, 0.25) is 0 Å². The van der Waals surface area contributed by atoms with Crippen molar-refractivity contribution in [3.05, 3.63) is 34.9 Å². The standard InChI is InChI=1S/C15H19F4N/c1-9-2-4-10(5-3-9)7-20-8-11-14(18)12(16)6-13(17)15(11)19/h6,9-10,20H,2-5,7-8H2,1H3. The van der Waals surface area contributed by atoms with Crippen molar-refractivity contribution in [2.45, 2.75) is 39.2 Å². The van der Waals surface area contributed by atoms with Crippen LogP contribution in [0, 0.1) is 35.1 Å². The van der Waals surface area contributed by atoms with Gasteiger partial charge < -0.3 is 5.32 Å². The molecule has 112 valence electrons. The van der Waals surface area contributed by atoms with Crippen molar-refractivity contribution >= 4 is 0 Å². The molecule has 0 radical (unpaired) electrons. The minimum atomic E-state index is -1.35. The monoisotopic (exact) mass is 289 g/mol. The first kappa shape index (κ1) is 15.3. The van der Waals surface area contributed by atoms with Gasteiger partial charge >= 0.3 is 0 Å². The zero-order valence-electron chi connectivity index (χ0n) is 11.5. The highest BCUT2D eigenvalue weighted by Crippen LogP contribution is 2.28. The minimum absolute atomic E-state index is 0.196. The van der Waals surface area contributed by atoms with Gasteiger partial charge in [0, 0.05) is 18.2 Å². The van der Waals surface area contributed by atoms with Crippen LogP contribution in [0.1, 0.15) is 38.2 Å². The molecule has 0 spiro atoms. The lowest BCUT2D eigenvalue weighted by Crippen LogP contribution is -2.26. The van der Waals surface area contributed by atoms with Crippen molar-refractivity contribution in [2.24, 2.45) is 11.8 Å². The third-order valence-corrected chi connectivity index (χ3v) is 4.07. The second-order valence-corrected chi connectivity index (χ2v) is 5.70. The fourth-order valence-electron chi connectivity index (χ4n) is 2.71. The van der Waals surface area contributed by atoms with Crippen molar-refractivity contribution in [1.29, 1.82) is 0 Å². The molecule has 1 fully saturated rings. The van der Waals surface area contributed by atoms with Crippen LogP contribution in [0.5, 0.6) is 0 Å². The topological polar surface area (TPSA) is 12.0 Å². The van der Waals surface area contributed by atoms with Gasteiger partial charge in [0.05, 0.1) is 0 Å². The maximum atomic E-state index is 13.4. The minimum Gasteiger partial charge on any atom is -0.312 e. The summed E-state index contributed by atoms with van der Waals surface area (Å²) in [6, 6.07) is 0.233. The predicted molar refractivity (Wildman–Crippen MR) is 69.1 cm³/mol. The molecule has 0 amide bonds. The van der Waals surface area contributed by atoms with E-state index in [4.69, 9.17) is 0 Å². The molecule has 1 nitrogen and oxygen atoms in total. The van der Waals surface area contributed by atoms with E-state index in [1.54, 1.807) is 0 Å². The smallest absolute Gasteiger partial charge is 0.166 e. The van der Waals surface area contributed by atoms with Crippen LogP contribution < -0.4 is 5.32 Å². The summed E-state index contributed by atoms with van der Waals surface area (Å²) in [7, 11) is 0. The Kier molecular flexibility index (Phi) is 5.02. The Labute approximate surface area is 116 Å². The molecule has 0 unspecified atom stereocenters. The van der Waals surface area contributed by atoms with Crippen LogP contribution >= 0.6 is 0 Å². The van der Waals surface area contributed by atoms with Crippen LogP contribution in [0.15, 0.2) is 6.07 Å². The molecule has 1 N–H and O–H groups in total. The molecule has 1 aliphatic rings. The highest BCUT2D eigenvalue weighted by molar-refractivity contribution is 5.22. The zero-order chi connectivity index (χ0) is 14.7. The summed E-state index contributed by atoms with van der Waals surface area (Å²) in [6.07, 6.45) is 4.47. The molecule has 0 aliphatic heterocycles. The number of nitrogens with one attached hydrogen (secondary N) is 1.